The summed E-state index contributed by atoms with van der Waals surface area (Å²) in [5, 5.41) is 2.75. The predicted octanol–water partition coefficient (Wildman–Crippen LogP) is 2.25. The largest absolute Gasteiger partial charge is 0.328 e. The van der Waals surface area contributed by atoms with Gasteiger partial charge in [0.2, 0.25) is 11.9 Å². The molecule has 0 atom stereocenters. The Morgan fingerprint density at radius 2 is 1.84 bits per heavy atom. The van der Waals surface area contributed by atoms with Gasteiger partial charge in [-0.1, -0.05) is 24.3 Å². The van der Waals surface area contributed by atoms with E-state index < -0.39 is 0 Å². The van der Waals surface area contributed by atoms with Crippen molar-refractivity contribution in [1.29, 1.82) is 0 Å². The number of aromatic amines is 1. The van der Waals surface area contributed by atoms with Crippen LogP contribution in [0.5, 0.6) is 0 Å². The lowest BCUT2D eigenvalue weighted by Gasteiger charge is -2.03. The van der Waals surface area contributed by atoms with Gasteiger partial charge in [0, 0.05) is 20.0 Å². The fraction of sp³-hybridized carbons (Fsp3) is 0.167. The Hall–Kier alpha value is -3.35. The van der Waals surface area contributed by atoms with Crippen molar-refractivity contribution in [3.05, 3.63) is 59.0 Å². The molecule has 0 radical (unpaired) electrons. The smallest absolute Gasteiger partial charge is 0.324 e. The van der Waals surface area contributed by atoms with E-state index in [1.54, 1.807) is 16.2 Å². The average Bonchev–Trinajstić information content (AvgIpc) is 3.13. The van der Waals surface area contributed by atoms with Crippen LogP contribution in [-0.4, -0.2) is 25.0 Å². The number of fused-ring (bicyclic) bond motifs is 2. The van der Waals surface area contributed by atoms with Gasteiger partial charge in [-0.05, 0) is 24.3 Å². The van der Waals surface area contributed by atoms with Crippen molar-refractivity contribution < 1.29 is 4.79 Å². The van der Waals surface area contributed by atoms with Crippen LogP contribution in [0.4, 0.5) is 5.95 Å². The number of benzene rings is 2. The van der Waals surface area contributed by atoms with Gasteiger partial charge >= 0.3 is 5.69 Å². The number of hydrogen-bond donors (Lipinski definition) is 2. The highest BCUT2D eigenvalue weighted by Crippen LogP contribution is 2.14. The molecule has 0 bridgehead atoms. The van der Waals surface area contributed by atoms with Crippen LogP contribution in [-0.2, 0) is 18.4 Å². The van der Waals surface area contributed by atoms with E-state index >= 15 is 0 Å². The third-order valence-electron chi connectivity index (χ3n) is 4.26. The van der Waals surface area contributed by atoms with Gasteiger partial charge in [-0.25, -0.2) is 9.78 Å². The van der Waals surface area contributed by atoms with E-state index in [0.717, 1.165) is 22.1 Å². The molecule has 0 aliphatic carbocycles. The number of H-pyrrole nitrogens is 1. The molecule has 0 saturated heterocycles. The van der Waals surface area contributed by atoms with Crippen LogP contribution in [0, 0.1) is 0 Å². The second kappa shape index (κ2) is 5.94. The standard InChI is InChI=1S/C18H17N5O2/c1-22-14-8-4-5-9-15(14)23(18(22)25)11-10-16(24)21-17-19-12-6-2-3-7-13(12)20-17/h2-9H,10-11H2,1H3,(H2,19,20,21,24). The van der Waals surface area contributed by atoms with Gasteiger partial charge in [-0.3, -0.25) is 19.2 Å². The number of carbonyl (C=O) groups excluding carboxylic acids is 1. The topological polar surface area (TPSA) is 84.7 Å². The zero-order valence-corrected chi connectivity index (χ0v) is 13.7. The highest BCUT2D eigenvalue weighted by atomic mass is 16.2. The molecular formula is C18H17N5O2. The van der Waals surface area contributed by atoms with Crippen LogP contribution in [0.3, 0.4) is 0 Å². The lowest BCUT2D eigenvalue weighted by Crippen LogP contribution is -2.24. The van der Waals surface area contributed by atoms with Crippen molar-refractivity contribution in [2.75, 3.05) is 5.32 Å². The van der Waals surface area contributed by atoms with Crippen molar-refractivity contribution in [2.45, 2.75) is 13.0 Å². The maximum atomic E-state index is 12.4. The van der Waals surface area contributed by atoms with Crippen LogP contribution in [0.2, 0.25) is 0 Å². The zero-order chi connectivity index (χ0) is 17.4. The Balaban J connectivity index is 1.51. The van der Waals surface area contributed by atoms with Crippen molar-refractivity contribution in [3.63, 3.8) is 0 Å². The number of nitrogens with zero attached hydrogens (tertiary/aromatic N) is 3. The van der Waals surface area contributed by atoms with E-state index in [4.69, 9.17) is 0 Å². The number of amides is 1. The molecule has 25 heavy (non-hydrogen) atoms. The van der Waals surface area contributed by atoms with Gasteiger partial charge in [0.1, 0.15) is 0 Å². The maximum absolute atomic E-state index is 12.4. The summed E-state index contributed by atoms with van der Waals surface area (Å²) in [4.78, 5) is 31.9. The lowest BCUT2D eigenvalue weighted by atomic mass is 10.3. The number of hydrogen-bond acceptors (Lipinski definition) is 3. The van der Waals surface area contributed by atoms with Gasteiger partial charge in [0.05, 0.1) is 22.1 Å². The van der Waals surface area contributed by atoms with Crippen molar-refractivity contribution in [3.8, 4) is 0 Å². The fourth-order valence-corrected chi connectivity index (χ4v) is 3.00. The molecule has 126 valence electrons. The van der Waals surface area contributed by atoms with Crippen LogP contribution < -0.4 is 11.0 Å². The molecule has 0 saturated carbocycles. The second-order valence-electron chi connectivity index (χ2n) is 5.88. The highest BCUT2D eigenvalue weighted by Gasteiger charge is 2.12. The lowest BCUT2D eigenvalue weighted by molar-refractivity contribution is -0.116. The third-order valence-corrected chi connectivity index (χ3v) is 4.26. The summed E-state index contributed by atoms with van der Waals surface area (Å²) in [6.45, 7) is 0.312. The minimum absolute atomic E-state index is 0.127. The molecule has 2 N–H and O–H groups in total. The Bertz CT molecular complexity index is 1100. The first-order chi connectivity index (χ1) is 12.1. The second-order valence-corrected chi connectivity index (χ2v) is 5.88. The summed E-state index contributed by atoms with van der Waals surface area (Å²) in [5.41, 5.74) is 3.21. The SMILES string of the molecule is Cn1c(=O)n(CCC(=O)Nc2nc3ccccc3[nH]2)c2ccccc21. The van der Waals surface area contributed by atoms with E-state index in [-0.39, 0.29) is 18.0 Å². The molecule has 0 aliphatic heterocycles. The Kier molecular flexibility index (Phi) is 3.61. The van der Waals surface area contributed by atoms with Gasteiger partial charge < -0.3 is 4.98 Å². The van der Waals surface area contributed by atoms with Crippen LogP contribution in [0.15, 0.2) is 53.3 Å². The number of nitrogens with one attached hydrogen (secondary N) is 2. The van der Waals surface area contributed by atoms with Crippen LogP contribution in [0.1, 0.15) is 6.42 Å². The Labute approximate surface area is 142 Å². The average molecular weight is 335 g/mol. The molecule has 4 rings (SSSR count). The molecule has 0 unspecified atom stereocenters. The van der Waals surface area contributed by atoms with Crippen molar-refractivity contribution in [2.24, 2.45) is 7.05 Å². The number of aromatic nitrogens is 4. The van der Waals surface area contributed by atoms with Crippen molar-refractivity contribution in [1.82, 2.24) is 19.1 Å². The number of anilines is 1. The van der Waals surface area contributed by atoms with Gasteiger partial charge in [0.25, 0.3) is 0 Å². The molecule has 2 aromatic carbocycles. The Morgan fingerprint density at radius 3 is 2.64 bits per heavy atom. The van der Waals surface area contributed by atoms with E-state index in [0.29, 0.717) is 12.5 Å². The zero-order valence-electron chi connectivity index (χ0n) is 13.7. The Morgan fingerprint density at radius 1 is 1.12 bits per heavy atom. The van der Waals surface area contributed by atoms with E-state index in [9.17, 15) is 9.59 Å². The molecule has 2 aromatic heterocycles. The number of para-hydroxylation sites is 4. The van der Waals surface area contributed by atoms with Crippen LogP contribution in [0.25, 0.3) is 22.1 Å². The maximum Gasteiger partial charge on any atom is 0.328 e. The molecule has 0 fully saturated rings. The summed E-state index contributed by atoms with van der Waals surface area (Å²) >= 11 is 0. The fourth-order valence-electron chi connectivity index (χ4n) is 3.00. The molecule has 0 aliphatic rings. The molecule has 7 heteroatoms. The van der Waals surface area contributed by atoms with E-state index in [1.807, 2.05) is 48.5 Å². The molecule has 1 amide bonds. The number of imidazole rings is 2. The first-order valence-corrected chi connectivity index (χ1v) is 8.02. The minimum Gasteiger partial charge on any atom is -0.324 e. The van der Waals surface area contributed by atoms with Gasteiger partial charge in [-0.15, -0.1) is 0 Å². The summed E-state index contributed by atoms with van der Waals surface area (Å²) in [6, 6.07) is 15.1. The van der Waals surface area contributed by atoms with E-state index in [1.165, 1.54) is 0 Å². The first kappa shape index (κ1) is 15.2. The summed E-state index contributed by atoms with van der Waals surface area (Å²) < 4.78 is 3.21. The number of aryl methyl sites for hydroxylation is 2. The summed E-state index contributed by atoms with van der Waals surface area (Å²) in [6.07, 6.45) is 0.185. The number of rotatable bonds is 4. The summed E-state index contributed by atoms with van der Waals surface area (Å²) in [5.74, 6) is 0.218. The monoisotopic (exact) mass is 335 g/mol. The van der Waals surface area contributed by atoms with E-state index in [2.05, 4.69) is 15.3 Å². The van der Waals surface area contributed by atoms with Crippen molar-refractivity contribution >= 4 is 33.9 Å². The third kappa shape index (κ3) is 2.69. The predicted molar refractivity (Wildman–Crippen MR) is 96.5 cm³/mol. The van der Waals surface area contributed by atoms with Gasteiger partial charge in [0.15, 0.2) is 0 Å². The molecule has 4 aromatic rings. The first-order valence-electron chi connectivity index (χ1n) is 8.02. The summed E-state index contributed by atoms with van der Waals surface area (Å²) in [7, 11) is 1.73. The minimum atomic E-state index is -0.195. The molecule has 2 heterocycles. The van der Waals surface area contributed by atoms with Crippen LogP contribution >= 0.6 is 0 Å². The highest BCUT2D eigenvalue weighted by molar-refractivity contribution is 5.91. The normalized spacial score (nSPS) is 11.2. The molecule has 7 nitrogen and oxygen atoms in total. The van der Waals surface area contributed by atoms with Gasteiger partial charge in [-0.2, -0.15) is 0 Å². The molecular weight excluding hydrogens is 318 g/mol. The molecule has 0 spiro atoms. The number of carbonyl (C=O) groups is 1. The quantitative estimate of drug-likeness (QED) is 0.600.